The number of hydrogen-bond donors (Lipinski definition) is 1. The van der Waals surface area contributed by atoms with Gasteiger partial charge < -0.3 is 9.15 Å². The third-order valence-electron chi connectivity index (χ3n) is 4.31. The fourth-order valence-corrected chi connectivity index (χ4v) is 3.08. The molecule has 0 aromatic carbocycles. The SMILES string of the molecule is CCOC(=O)c1coc(-c2ccn3ncc(-c4c(C)n[nH]c4C)c3c2)c1. The highest BCUT2D eigenvalue weighted by molar-refractivity contribution is 5.91. The van der Waals surface area contributed by atoms with Gasteiger partial charge in [0.25, 0.3) is 0 Å². The Balaban J connectivity index is 1.79. The average molecular weight is 350 g/mol. The summed E-state index contributed by atoms with van der Waals surface area (Å²) < 4.78 is 12.4. The minimum atomic E-state index is -0.390. The molecule has 0 saturated heterocycles. The highest BCUT2D eigenvalue weighted by Gasteiger charge is 2.16. The molecule has 0 aliphatic carbocycles. The Hall–Kier alpha value is -3.35. The lowest BCUT2D eigenvalue weighted by Crippen LogP contribution is -2.02. The molecule has 4 aromatic heterocycles. The highest BCUT2D eigenvalue weighted by Crippen LogP contribution is 2.32. The van der Waals surface area contributed by atoms with E-state index >= 15 is 0 Å². The molecule has 4 rings (SSSR count). The maximum absolute atomic E-state index is 11.8. The number of pyridine rings is 1. The molecule has 132 valence electrons. The third-order valence-corrected chi connectivity index (χ3v) is 4.31. The van der Waals surface area contributed by atoms with Gasteiger partial charge in [0, 0.05) is 28.6 Å². The smallest absolute Gasteiger partial charge is 0.341 e. The van der Waals surface area contributed by atoms with Crippen molar-refractivity contribution >= 4 is 11.5 Å². The van der Waals surface area contributed by atoms with Crippen LogP contribution in [-0.2, 0) is 4.74 Å². The van der Waals surface area contributed by atoms with Crippen molar-refractivity contribution in [3.05, 3.63) is 53.8 Å². The molecule has 0 atom stereocenters. The van der Waals surface area contributed by atoms with Gasteiger partial charge in [-0.1, -0.05) is 0 Å². The van der Waals surface area contributed by atoms with Crippen molar-refractivity contribution in [3.63, 3.8) is 0 Å². The standard InChI is InChI=1S/C19H18N4O3/c1-4-25-19(24)14-8-17(26-10-14)13-5-6-23-16(7-13)15(9-20-23)18-11(2)21-22-12(18)3/h5-10H,4H2,1-3H3,(H,21,22). The molecule has 0 amide bonds. The molecule has 1 N–H and O–H groups in total. The zero-order valence-electron chi connectivity index (χ0n) is 14.7. The van der Waals surface area contributed by atoms with Gasteiger partial charge in [-0.2, -0.15) is 10.2 Å². The third kappa shape index (κ3) is 2.57. The lowest BCUT2D eigenvalue weighted by molar-refractivity contribution is 0.0525. The fraction of sp³-hybridized carbons (Fsp3) is 0.211. The molecule has 0 radical (unpaired) electrons. The first-order valence-electron chi connectivity index (χ1n) is 8.34. The second-order valence-electron chi connectivity index (χ2n) is 6.03. The molecule has 4 aromatic rings. The van der Waals surface area contributed by atoms with Crippen molar-refractivity contribution in [1.29, 1.82) is 0 Å². The van der Waals surface area contributed by atoms with Crippen LogP contribution < -0.4 is 0 Å². The summed E-state index contributed by atoms with van der Waals surface area (Å²) in [7, 11) is 0. The summed E-state index contributed by atoms with van der Waals surface area (Å²) in [6.07, 6.45) is 5.11. The van der Waals surface area contributed by atoms with Crippen LogP contribution in [0.5, 0.6) is 0 Å². The average Bonchev–Trinajstić information content (AvgIpc) is 3.34. The number of H-pyrrole nitrogens is 1. The van der Waals surface area contributed by atoms with Gasteiger partial charge in [-0.05, 0) is 39.0 Å². The van der Waals surface area contributed by atoms with Crippen LogP contribution in [-0.4, -0.2) is 32.4 Å². The van der Waals surface area contributed by atoms with Crippen LogP contribution in [0.2, 0.25) is 0 Å². The summed E-state index contributed by atoms with van der Waals surface area (Å²) >= 11 is 0. The maximum atomic E-state index is 11.8. The zero-order valence-corrected chi connectivity index (χ0v) is 14.7. The Kier molecular flexibility index (Phi) is 3.84. The Morgan fingerprint density at radius 2 is 2.19 bits per heavy atom. The van der Waals surface area contributed by atoms with Crippen molar-refractivity contribution < 1.29 is 13.9 Å². The predicted molar refractivity (Wildman–Crippen MR) is 95.9 cm³/mol. The van der Waals surface area contributed by atoms with Crippen LogP contribution in [0, 0.1) is 13.8 Å². The first-order valence-corrected chi connectivity index (χ1v) is 8.34. The lowest BCUT2D eigenvalue weighted by Gasteiger charge is -2.02. The summed E-state index contributed by atoms with van der Waals surface area (Å²) in [6, 6.07) is 5.57. The number of nitrogens with one attached hydrogen (secondary N) is 1. The summed E-state index contributed by atoms with van der Waals surface area (Å²) in [5.41, 5.74) is 6.14. The quantitative estimate of drug-likeness (QED) is 0.566. The molecule has 7 nitrogen and oxygen atoms in total. The molecule has 0 fully saturated rings. The van der Waals surface area contributed by atoms with Crippen molar-refractivity contribution in [1.82, 2.24) is 19.8 Å². The molecular weight excluding hydrogens is 332 g/mol. The van der Waals surface area contributed by atoms with Crippen molar-refractivity contribution in [2.75, 3.05) is 6.61 Å². The van der Waals surface area contributed by atoms with Gasteiger partial charge in [-0.15, -0.1) is 0 Å². The van der Waals surface area contributed by atoms with Crippen LogP contribution in [0.3, 0.4) is 0 Å². The monoisotopic (exact) mass is 350 g/mol. The van der Waals surface area contributed by atoms with Crippen LogP contribution in [0.1, 0.15) is 28.7 Å². The van der Waals surface area contributed by atoms with Gasteiger partial charge in [0.2, 0.25) is 0 Å². The van der Waals surface area contributed by atoms with E-state index < -0.39 is 5.97 Å². The van der Waals surface area contributed by atoms with Gasteiger partial charge in [0.05, 0.1) is 29.6 Å². The number of rotatable bonds is 4. The van der Waals surface area contributed by atoms with E-state index in [1.54, 1.807) is 17.5 Å². The fourth-order valence-electron chi connectivity index (χ4n) is 3.08. The van der Waals surface area contributed by atoms with Crippen LogP contribution in [0.4, 0.5) is 0 Å². The van der Waals surface area contributed by atoms with Gasteiger partial charge in [0.15, 0.2) is 0 Å². The number of aromatic nitrogens is 4. The molecule has 0 unspecified atom stereocenters. The molecule has 7 heteroatoms. The minimum absolute atomic E-state index is 0.327. The molecule has 0 saturated carbocycles. The number of hydrogen-bond acceptors (Lipinski definition) is 5. The van der Waals surface area contributed by atoms with E-state index in [0.717, 1.165) is 33.6 Å². The number of esters is 1. The Morgan fingerprint density at radius 3 is 2.92 bits per heavy atom. The van der Waals surface area contributed by atoms with E-state index in [-0.39, 0.29) is 0 Å². The second kappa shape index (κ2) is 6.18. The first-order chi connectivity index (χ1) is 12.6. The lowest BCUT2D eigenvalue weighted by atomic mass is 10.0. The van der Waals surface area contributed by atoms with E-state index in [2.05, 4.69) is 15.3 Å². The molecule has 4 heterocycles. The van der Waals surface area contributed by atoms with Gasteiger partial charge in [-0.25, -0.2) is 9.31 Å². The summed E-state index contributed by atoms with van der Waals surface area (Å²) in [5.74, 6) is 0.210. The van der Waals surface area contributed by atoms with Gasteiger partial charge >= 0.3 is 5.97 Å². The normalized spacial score (nSPS) is 11.2. The van der Waals surface area contributed by atoms with E-state index in [1.807, 2.05) is 38.4 Å². The molecule has 26 heavy (non-hydrogen) atoms. The second-order valence-corrected chi connectivity index (χ2v) is 6.03. The van der Waals surface area contributed by atoms with Crippen molar-refractivity contribution in [2.45, 2.75) is 20.8 Å². The maximum Gasteiger partial charge on any atom is 0.341 e. The van der Waals surface area contributed by atoms with Gasteiger partial charge in [0.1, 0.15) is 12.0 Å². The van der Waals surface area contributed by atoms with Gasteiger partial charge in [-0.3, -0.25) is 5.10 Å². The number of nitrogens with zero attached hydrogens (tertiary/aromatic N) is 3. The Morgan fingerprint density at radius 1 is 1.35 bits per heavy atom. The number of furan rings is 1. The number of ether oxygens (including phenoxy) is 1. The van der Waals surface area contributed by atoms with Crippen molar-refractivity contribution in [3.8, 4) is 22.5 Å². The summed E-state index contributed by atoms with van der Waals surface area (Å²) in [6.45, 7) is 6.05. The first kappa shape index (κ1) is 16.1. The molecule has 0 aliphatic heterocycles. The summed E-state index contributed by atoms with van der Waals surface area (Å²) in [5, 5.41) is 11.7. The van der Waals surface area contributed by atoms with Crippen LogP contribution >= 0.6 is 0 Å². The van der Waals surface area contributed by atoms with Crippen LogP contribution in [0.15, 0.2) is 41.3 Å². The molecular formula is C19H18N4O3. The number of aromatic amines is 1. The van der Waals surface area contributed by atoms with Crippen molar-refractivity contribution in [2.24, 2.45) is 0 Å². The summed E-state index contributed by atoms with van der Waals surface area (Å²) in [4.78, 5) is 11.8. The number of aryl methyl sites for hydroxylation is 2. The number of fused-ring (bicyclic) bond motifs is 1. The Bertz CT molecular complexity index is 1080. The predicted octanol–water partition coefficient (Wildman–Crippen LogP) is 3.78. The number of carbonyl (C=O) groups excluding carboxylic acids is 1. The van der Waals surface area contributed by atoms with Crippen LogP contribution in [0.25, 0.3) is 28.0 Å². The van der Waals surface area contributed by atoms with E-state index in [0.29, 0.717) is 17.9 Å². The van der Waals surface area contributed by atoms with E-state index in [4.69, 9.17) is 9.15 Å². The molecule has 0 aliphatic rings. The minimum Gasteiger partial charge on any atom is -0.463 e. The Labute approximate surface area is 149 Å². The highest BCUT2D eigenvalue weighted by atomic mass is 16.5. The largest absolute Gasteiger partial charge is 0.463 e. The van der Waals surface area contributed by atoms with E-state index in [1.165, 1.54) is 6.26 Å². The topological polar surface area (TPSA) is 85.4 Å². The molecule has 0 spiro atoms. The molecule has 0 bridgehead atoms. The zero-order chi connectivity index (χ0) is 18.3. The number of carbonyl (C=O) groups is 1. The van der Waals surface area contributed by atoms with E-state index in [9.17, 15) is 4.79 Å².